The predicted molar refractivity (Wildman–Crippen MR) is 89.5 cm³/mol. The maximum atomic E-state index is 12.4. The van der Waals surface area contributed by atoms with Gasteiger partial charge < -0.3 is 10.2 Å². The monoisotopic (exact) mass is 329 g/mol. The lowest BCUT2D eigenvalue weighted by Crippen LogP contribution is -2.43. The van der Waals surface area contributed by atoms with Gasteiger partial charge in [-0.3, -0.25) is 14.0 Å². The number of aromatic nitrogens is 3. The molecule has 0 saturated carbocycles. The minimum atomic E-state index is -0.130. The lowest BCUT2D eigenvalue weighted by Gasteiger charge is -2.33. The first kappa shape index (κ1) is 16.4. The van der Waals surface area contributed by atoms with E-state index in [2.05, 4.69) is 15.5 Å². The molecule has 3 rings (SSSR count). The molecule has 0 radical (unpaired) electrons. The summed E-state index contributed by atoms with van der Waals surface area (Å²) in [4.78, 5) is 26.3. The lowest BCUT2D eigenvalue weighted by atomic mass is 9.96. The molecule has 128 valence electrons. The van der Waals surface area contributed by atoms with E-state index in [0.717, 1.165) is 25.9 Å². The van der Waals surface area contributed by atoms with E-state index >= 15 is 0 Å². The summed E-state index contributed by atoms with van der Waals surface area (Å²) in [5.41, 5.74) is 1.09. The Hall–Kier alpha value is -2.44. The minimum absolute atomic E-state index is 0.0462. The fraction of sp³-hybridized carbons (Fsp3) is 0.529. The number of rotatable bonds is 4. The SMILES string of the molecule is CC(C)C(=O)N1CCC(CNC(=O)c2cccn3cnnc23)CC1. The smallest absolute Gasteiger partial charge is 0.255 e. The number of piperidine rings is 1. The topological polar surface area (TPSA) is 79.6 Å². The van der Waals surface area contributed by atoms with Crippen LogP contribution in [0.1, 0.15) is 37.0 Å². The maximum Gasteiger partial charge on any atom is 0.255 e. The quantitative estimate of drug-likeness (QED) is 0.918. The largest absolute Gasteiger partial charge is 0.352 e. The average molecular weight is 329 g/mol. The fourth-order valence-electron chi connectivity index (χ4n) is 3.08. The van der Waals surface area contributed by atoms with E-state index < -0.39 is 0 Å². The molecular formula is C17H23N5O2. The highest BCUT2D eigenvalue weighted by atomic mass is 16.2. The van der Waals surface area contributed by atoms with Crippen molar-refractivity contribution in [2.75, 3.05) is 19.6 Å². The molecule has 7 heteroatoms. The van der Waals surface area contributed by atoms with Crippen LogP contribution in [0.3, 0.4) is 0 Å². The van der Waals surface area contributed by atoms with Crippen molar-refractivity contribution in [2.45, 2.75) is 26.7 Å². The third-order valence-electron chi connectivity index (χ3n) is 4.54. The second-order valence-electron chi connectivity index (χ2n) is 6.62. The second kappa shape index (κ2) is 6.98. The fourth-order valence-corrected chi connectivity index (χ4v) is 3.08. The van der Waals surface area contributed by atoms with E-state index in [9.17, 15) is 9.59 Å². The zero-order valence-corrected chi connectivity index (χ0v) is 14.1. The Morgan fingerprint density at radius 3 is 2.79 bits per heavy atom. The predicted octanol–water partition coefficient (Wildman–Crippen LogP) is 1.35. The molecule has 1 aliphatic heterocycles. The number of likely N-dealkylation sites (tertiary alicyclic amines) is 1. The van der Waals surface area contributed by atoms with Gasteiger partial charge in [0.15, 0.2) is 5.65 Å². The van der Waals surface area contributed by atoms with Crippen molar-refractivity contribution in [3.8, 4) is 0 Å². The highest BCUT2D eigenvalue weighted by Gasteiger charge is 2.24. The molecule has 0 bridgehead atoms. The van der Waals surface area contributed by atoms with E-state index in [-0.39, 0.29) is 17.7 Å². The van der Waals surface area contributed by atoms with Crippen LogP contribution in [0, 0.1) is 11.8 Å². The molecule has 2 aromatic rings. The van der Waals surface area contributed by atoms with Crippen LogP contribution < -0.4 is 5.32 Å². The Labute approximate surface area is 141 Å². The minimum Gasteiger partial charge on any atom is -0.352 e. The van der Waals surface area contributed by atoms with E-state index in [1.807, 2.05) is 24.9 Å². The molecule has 0 spiro atoms. The first-order chi connectivity index (χ1) is 11.6. The van der Waals surface area contributed by atoms with Gasteiger partial charge in [-0.2, -0.15) is 0 Å². The highest BCUT2D eigenvalue weighted by Crippen LogP contribution is 2.18. The summed E-state index contributed by atoms with van der Waals surface area (Å²) in [6.07, 6.45) is 5.24. The number of pyridine rings is 1. The maximum absolute atomic E-state index is 12.4. The molecule has 0 unspecified atom stereocenters. The molecule has 1 saturated heterocycles. The number of fused-ring (bicyclic) bond motifs is 1. The van der Waals surface area contributed by atoms with Gasteiger partial charge in [-0.25, -0.2) is 0 Å². The van der Waals surface area contributed by atoms with Crippen molar-refractivity contribution in [1.82, 2.24) is 24.8 Å². The van der Waals surface area contributed by atoms with Gasteiger partial charge in [0, 0.05) is 31.7 Å². The molecule has 0 atom stereocenters. The Morgan fingerprint density at radius 1 is 1.33 bits per heavy atom. The van der Waals surface area contributed by atoms with Crippen LogP contribution in [-0.2, 0) is 4.79 Å². The van der Waals surface area contributed by atoms with Gasteiger partial charge in [0.2, 0.25) is 5.91 Å². The summed E-state index contributed by atoms with van der Waals surface area (Å²) in [6.45, 7) is 6.03. The molecule has 2 aromatic heterocycles. The molecule has 0 aromatic carbocycles. The summed E-state index contributed by atoms with van der Waals surface area (Å²) < 4.78 is 1.73. The first-order valence-corrected chi connectivity index (χ1v) is 8.41. The molecule has 3 heterocycles. The normalized spacial score (nSPS) is 15.9. The van der Waals surface area contributed by atoms with Crippen molar-refractivity contribution in [2.24, 2.45) is 11.8 Å². The van der Waals surface area contributed by atoms with Crippen LogP contribution in [0.4, 0.5) is 0 Å². The third-order valence-corrected chi connectivity index (χ3v) is 4.54. The van der Waals surface area contributed by atoms with Crippen molar-refractivity contribution < 1.29 is 9.59 Å². The van der Waals surface area contributed by atoms with Crippen LogP contribution >= 0.6 is 0 Å². The molecule has 1 fully saturated rings. The number of hydrogen-bond donors (Lipinski definition) is 1. The van der Waals surface area contributed by atoms with Crippen LogP contribution in [0.5, 0.6) is 0 Å². The molecule has 24 heavy (non-hydrogen) atoms. The molecule has 1 N–H and O–H groups in total. The van der Waals surface area contributed by atoms with Gasteiger partial charge in [-0.15, -0.1) is 10.2 Å². The highest BCUT2D eigenvalue weighted by molar-refractivity contribution is 5.99. The number of amides is 2. The second-order valence-corrected chi connectivity index (χ2v) is 6.62. The lowest BCUT2D eigenvalue weighted by molar-refractivity contribution is -0.135. The van der Waals surface area contributed by atoms with Gasteiger partial charge in [0.1, 0.15) is 6.33 Å². The molecule has 2 amide bonds. The van der Waals surface area contributed by atoms with E-state index in [0.29, 0.717) is 23.7 Å². The molecule has 7 nitrogen and oxygen atoms in total. The number of carbonyl (C=O) groups is 2. The Morgan fingerprint density at radius 2 is 2.08 bits per heavy atom. The van der Waals surface area contributed by atoms with Gasteiger partial charge in [-0.05, 0) is 30.9 Å². The number of hydrogen-bond acceptors (Lipinski definition) is 4. The first-order valence-electron chi connectivity index (χ1n) is 8.41. The van der Waals surface area contributed by atoms with Crippen molar-refractivity contribution in [3.63, 3.8) is 0 Å². The summed E-state index contributed by atoms with van der Waals surface area (Å²) in [7, 11) is 0. The van der Waals surface area contributed by atoms with E-state index in [4.69, 9.17) is 0 Å². The van der Waals surface area contributed by atoms with Gasteiger partial charge in [0.05, 0.1) is 5.56 Å². The third kappa shape index (κ3) is 3.39. The number of nitrogens with zero attached hydrogens (tertiary/aromatic N) is 4. The van der Waals surface area contributed by atoms with Crippen LogP contribution in [0.25, 0.3) is 5.65 Å². The molecular weight excluding hydrogens is 306 g/mol. The number of nitrogens with one attached hydrogen (secondary N) is 1. The van der Waals surface area contributed by atoms with Crippen molar-refractivity contribution in [3.05, 3.63) is 30.2 Å². The van der Waals surface area contributed by atoms with E-state index in [1.165, 1.54) is 0 Å². The van der Waals surface area contributed by atoms with Crippen LogP contribution in [-0.4, -0.2) is 50.9 Å². The standard InChI is InChI=1S/C17H23N5O2/c1-12(2)17(24)21-8-5-13(6-9-21)10-18-16(23)14-4-3-7-22-11-19-20-15(14)22/h3-4,7,11-13H,5-6,8-10H2,1-2H3,(H,18,23). The molecule has 1 aliphatic rings. The zero-order valence-electron chi connectivity index (χ0n) is 14.1. The summed E-state index contributed by atoms with van der Waals surface area (Å²) in [5.74, 6) is 0.540. The Bertz CT molecular complexity index is 731. The summed E-state index contributed by atoms with van der Waals surface area (Å²) >= 11 is 0. The Balaban J connectivity index is 1.53. The summed E-state index contributed by atoms with van der Waals surface area (Å²) in [6, 6.07) is 3.56. The Kier molecular flexibility index (Phi) is 4.78. The van der Waals surface area contributed by atoms with Gasteiger partial charge in [-0.1, -0.05) is 13.8 Å². The molecule has 0 aliphatic carbocycles. The number of carbonyl (C=O) groups excluding carboxylic acids is 2. The average Bonchev–Trinajstić information content (AvgIpc) is 3.08. The van der Waals surface area contributed by atoms with Crippen LogP contribution in [0.2, 0.25) is 0 Å². The van der Waals surface area contributed by atoms with Crippen LogP contribution in [0.15, 0.2) is 24.7 Å². The summed E-state index contributed by atoms with van der Waals surface area (Å²) in [5, 5.41) is 10.8. The zero-order chi connectivity index (χ0) is 17.1. The van der Waals surface area contributed by atoms with Crippen molar-refractivity contribution in [1.29, 1.82) is 0 Å². The van der Waals surface area contributed by atoms with Gasteiger partial charge >= 0.3 is 0 Å². The van der Waals surface area contributed by atoms with Gasteiger partial charge in [0.25, 0.3) is 5.91 Å². The van der Waals surface area contributed by atoms with E-state index in [1.54, 1.807) is 22.9 Å². The van der Waals surface area contributed by atoms with Crippen molar-refractivity contribution >= 4 is 17.5 Å².